The maximum atomic E-state index is 10.2. The number of carboxylic acid groups (broad SMARTS) is 1. The van der Waals surface area contributed by atoms with Gasteiger partial charge in [-0.1, -0.05) is 6.08 Å². The number of aliphatic carboxylic acids is 1. The molecule has 4 nitrogen and oxygen atoms in total. The van der Waals surface area contributed by atoms with Crippen molar-refractivity contribution in [3.8, 4) is 0 Å². The van der Waals surface area contributed by atoms with Gasteiger partial charge in [0.1, 0.15) is 0 Å². The van der Waals surface area contributed by atoms with Crippen molar-refractivity contribution in [2.24, 2.45) is 11.5 Å². The highest BCUT2D eigenvalue weighted by Gasteiger charge is 1.96. The van der Waals surface area contributed by atoms with E-state index in [1.54, 1.807) is 12.2 Å². The Labute approximate surface area is 65.2 Å². The van der Waals surface area contributed by atoms with Crippen LogP contribution in [0.25, 0.3) is 0 Å². The van der Waals surface area contributed by atoms with Crippen molar-refractivity contribution in [1.29, 1.82) is 0 Å². The van der Waals surface area contributed by atoms with Gasteiger partial charge in [0.05, 0.1) is 5.82 Å². The smallest absolute Gasteiger partial charge is 0.330 e. The van der Waals surface area contributed by atoms with Crippen molar-refractivity contribution >= 4 is 5.97 Å². The summed E-state index contributed by atoms with van der Waals surface area (Å²) in [6.45, 7) is 1.52. The predicted octanol–water partition coefficient (Wildman–Crippen LogP) is 0.166. The molecule has 0 spiro atoms. The molecule has 4 heteroatoms. The zero-order valence-corrected chi connectivity index (χ0v) is 6.37. The predicted molar refractivity (Wildman–Crippen MR) is 42.5 cm³/mol. The highest BCUT2D eigenvalue weighted by molar-refractivity contribution is 5.85. The summed E-state index contributed by atoms with van der Waals surface area (Å²) in [4.78, 5) is 10.2. The lowest BCUT2D eigenvalue weighted by atomic mass is 10.2. The Morgan fingerprint density at radius 1 is 1.45 bits per heavy atom. The number of carbonyl (C=O) groups is 1. The lowest BCUT2D eigenvalue weighted by molar-refractivity contribution is -0.132. The van der Waals surface area contributed by atoms with Crippen LogP contribution in [0, 0.1) is 0 Å². The minimum atomic E-state index is -0.922. The van der Waals surface area contributed by atoms with E-state index in [2.05, 4.69) is 0 Å². The monoisotopic (exact) mass is 156 g/mol. The largest absolute Gasteiger partial charge is 0.478 e. The van der Waals surface area contributed by atoms with Crippen LogP contribution < -0.4 is 11.5 Å². The molecule has 62 valence electrons. The fourth-order valence-electron chi connectivity index (χ4n) is 0.459. The summed E-state index contributed by atoms with van der Waals surface area (Å²) >= 11 is 0. The zero-order chi connectivity index (χ0) is 8.85. The van der Waals surface area contributed by atoms with E-state index in [1.807, 2.05) is 0 Å². The van der Waals surface area contributed by atoms with Gasteiger partial charge in [-0.25, -0.2) is 4.79 Å². The Morgan fingerprint density at radius 3 is 2.36 bits per heavy atom. The van der Waals surface area contributed by atoms with Crippen molar-refractivity contribution in [2.75, 3.05) is 0 Å². The number of hydrogen-bond donors (Lipinski definition) is 3. The molecule has 0 aliphatic heterocycles. The molecule has 0 amide bonds. The van der Waals surface area contributed by atoms with E-state index >= 15 is 0 Å². The highest BCUT2D eigenvalue weighted by Crippen LogP contribution is 1.95. The van der Waals surface area contributed by atoms with Crippen LogP contribution in [0.3, 0.4) is 0 Å². The van der Waals surface area contributed by atoms with Gasteiger partial charge in [-0.15, -0.1) is 0 Å². The standard InChI is InChI=1S/C7H12N2O2/c1-5(7(10)11)3-2-4-6(8)9/h3-4H,2,8-9H2,1H3,(H,10,11). The van der Waals surface area contributed by atoms with Crippen LogP contribution in [0.2, 0.25) is 0 Å². The number of nitrogens with two attached hydrogens (primary N) is 2. The molecule has 0 heterocycles. The summed E-state index contributed by atoms with van der Waals surface area (Å²) in [5.74, 6) is -0.714. The molecule has 0 aromatic carbocycles. The molecule has 0 fully saturated rings. The number of hydrogen-bond acceptors (Lipinski definition) is 3. The Bertz CT molecular complexity index is 202. The molecule has 0 unspecified atom stereocenters. The summed E-state index contributed by atoms with van der Waals surface area (Å²) in [6.07, 6.45) is 3.55. The number of carboxylic acids is 1. The minimum absolute atomic E-state index is 0.208. The van der Waals surface area contributed by atoms with Gasteiger partial charge in [0, 0.05) is 5.57 Å². The molecule has 0 atom stereocenters. The maximum absolute atomic E-state index is 10.2. The van der Waals surface area contributed by atoms with Gasteiger partial charge in [-0.3, -0.25) is 0 Å². The van der Waals surface area contributed by atoms with E-state index in [-0.39, 0.29) is 5.82 Å². The van der Waals surface area contributed by atoms with Crippen LogP contribution >= 0.6 is 0 Å². The third-order valence-electron chi connectivity index (χ3n) is 1.11. The van der Waals surface area contributed by atoms with Crippen molar-refractivity contribution < 1.29 is 9.90 Å². The van der Waals surface area contributed by atoms with Gasteiger partial charge in [0.2, 0.25) is 0 Å². The molecule has 0 bridgehead atoms. The maximum Gasteiger partial charge on any atom is 0.330 e. The third kappa shape index (κ3) is 5.02. The van der Waals surface area contributed by atoms with Crippen LogP contribution in [0.4, 0.5) is 0 Å². The van der Waals surface area contributed by atoms with Crippen LogP contribution in [0.15, 0.2) is 23.5 Å². The van der Waals surface area contributed by atoms with Gasteiger partial charge in [-0.2, -0.15) is 0 Å². The van der Waals surface area contributed by atoms with Crippen LogP contribution in [-0.4, -0.2) is 11.1 Å². The molecule has 0 saturated heterocycles. The quantitative estimate of drug-likeness (QED) is 0.508. The molecule has 0 rings (SSSR count). The Balaban J connectivity index is 3.94. The van der Waals surface area contributed by atoms with E-state index in [9.17, 15) is 4.79 Å². The summed E-state index contributed by atoms with van der Waals surface area (Å²) in [5, 5.41) is 8.40. The average molecular weight is 156 g/mol. The van der Waals surface area contributed by atoms with Crippen molar-refractivity contribution in [1.82, 2.24) is 0 Å². The van der Waals surface area contributed by atoms with E-state index in [1.165, 1.54) is 6.92 Å². The van der Waals surface area contributed by atoms with E-state index in [0.717, 1.165) is 0 Å². The molecule has 11 heavy (non-hydrogen) atoms. The lowest BCUT2D eigenvalue weighted by Crippen LogP contribution is -2.07. The Kier molecular flexibility index (Phi) is 3.80. The van der Waals surface area contributed by atoms with Crippen molar-refractivity contribution in [3.05, 3.63) is 23.5 Å². The fourth-order valence-corrected chi connectivity index (χ4v) is 0.459. The topological polar surface area (TPSA) is 89.3 Å². The fraction of sp³-hybridized carbons (Fsp3) is 0.286. The van der Waals surface area contributed by atoms with Crippen molar-refractivity contribution in [2.45, 2.75) is 13.3 Å². The van der Waals surface area contributed by atoms with Gasteiger partial charge in [0.25, 0.3) is 0 Å². The summed E-state index contributed by atoms with van der Waals surface area (Å²) < 4.78 is 0. The first-order chi connectivity index (χ1) is 5.04. The first-order valence-electron chi connectivity index (χ1n) is 3.15. The second kappa shape index (κ2) is 4.38. The molecule has 0 aromatic heterocycles. The third-order valence-corrected chi connectivity index (χ3v) is 1.11. The number of rotatable bonds is 3. The molecule has 0 aromatic rings. The highest BCUT2D eigenvalue weighted by atomic mass is 16.4. The van der Waals surface area contributed by atoms with E-state index in [4.69, 9.17) is 16.6 Å². The molecule has 0 aliphatic carbocycles. The second-order valence-electron chi connectivity index (χ2n) is 2.13. The van der Waals surface area contributed by atoms with E-state index in [0.29, 0.717) is 12.0 Å². The normalized spacial score (nSPS) is 10.8. The zero-order valence-electron chi connectivity index (χ0n) is 6.37. The SMILES string of the molecule is CC(=CCC=C(N)N)C(=O)O. The minimum Gasteiger partial charge on any atom is -0.478 e. The first kappa shape index (κ1) is 9.55. The van der Waals surface area contributed by atoms with Gasteiger partial charge in [0.15, 0.2) is 0 Å². The van der Waals surface area contributed by atoms with Crippen LogP contribution in [0.5, 0.6) is 0 Å². The summed E-state index contributed by atoms with van der Waals surface area (Å²) in [6, 6.07) is 0. The lowest BCUT2D eigenvalue weighted by Gasteiger charge is -1.90. The Hall–Kier alpha value is -1.45. The molecule has 0 radical (unpaired) electrons. The van der Waals surface area contributed by atoms with Crippen LogP contribution in [-0.2, 0) is 4.79 Å². The van der Waals surface area contributed by atoms with E-state index < -0.39 is 5.97 Å². The first-order valence-corrected chi connectivity index (χ1v) is 3.15. The molecule has 0 aliphatic rings. The Morgan fingerprint density at radius 2 is 2.00 bits per heavy atom. The van der Waals surface area contributed by atoms with Crippen LogP contribution in [0.1, 0.15) is 13.3 Å². The molecular weight excluding hydrogens is 144 g/mol. The molecule has 5 N–H and O–H groups in total. The van der Waals surface area contributed by atoms with Gasteiger partial charge < -0.3 is 16.6 Å². The molecular formula is C7H12N2O2. The molecule has 0 saturated carbocycles. The summed E-state index contributed by atoms with van der Waals surface area (Å²) in [5.41, 5.74) is 10.5. The average Bonchev–Trinajstić information content (AvgIpc) is 1.86. The van der Waals surface area contributed by atoms with Crippen molar-refractivity contribution in [3.63, 3.8) is 0 Å². The van der Waals surface area contributed by atoms with Gasteiger partial charge >= 0.3 is 5.97 Å². The van der Waals surface area contributed by atoms with Gasteiger partial charge in [-0.05, 0) is 19.4 Å². The summed E-state index contributed by atoms with van der Waals surface area (Å²) in [7, 11) is 0. The number of allylic oxidation sites excluding steroid dienone is 2. The second-order valence-corrected chi connectivity index (χ2v) is 2.13.